The Morgan fingerprint density at radius 1 is 1.24 bits per heavy atom. The summed E-state index contributed by atoms with van der Waals surface area (Å²) in [6.45, 7) is 1.44. The molecule has 1 fully saturated rings. The van der Waals surface area contributed by atoms with Crippen molar-refractivity contribution < 1.29 is 18.8 Å². The molecule has 0 bridgehead atoms. The second kappa shape index (κ2) is 8.94. The molecule has 0 aliphatic carbocycles. The molecule has 0 spiro atoms. The predicted molar refractivity (Wildman–Crippen MR) is 112 cm³/mol. The smallest absolute Gasteiger partial charge is 0.289 e. The molecule has 2 aromatic carbocycles. The monoisotopic (exact) mass is 435 g/mol. The molecule has 0 radical (unpaired) electrons. The van der Waals surface area contributed by atoms with Crippen molar-refractivity contribution in [1.82, 2.24) is 10.2 Å². The van der Waals surface area contributed by atoms with E-state index in [0.717, 1.165) is 17.3 Å². The number of hydrogen-bond acceptors (Lipinski definition) is 5. The van der Waals surface area contributed by atoms with Crippen LogP contribution in [0.25, 0.3) is 0 Å². The van der Waals surface area contributed by atoms with Crippen molar-refractivity contribution in [3.8, 4) is 0 Å². The van der Waals surface area contributed by atoms with Crippen LogP contribution in [0.1, 0.15) is 27.0 Å². The molecule has 1 saturated heterocycles. The van der Waals surface area contributed by atoms with Gasteiger partial charge in [0.25, 0.3) is 11.1 Å². The van der Waals surface area contributed by atoms with Gasteiger partial charge in [0.05, 0.1) is 18.0 Å². The molecule has 0 atom stereocenters. The summed E-state index contributed by atoms with van der Waals surface area (Å²) in [5.74, 6) is -0.932. The molecule has 6 nitrogen and oxygen atoms in total. The summed E-state index contributed by atoms with van der Waals surface area (Å²) in [4.78, 5) is 37.3. The van der Waals surface area contributed by atoms with Crippen LogP contribution < -0.4 is 10.6 Å². The van der Waals surface area contributed by atoms with Gasteiger partial charge in [0, 0.05) is 12.1 Å². The van der Waals surface area contributed by atoms with Crippen molar-refractivity contribution in [3.05, 3.63) is 64.5 Å². The van der Waals surface area contributed by atoms with E-state index in [2.05, 4.69) is 10.6 Å². The fourth-order valence-corrected chi connectivity index (χ4v) is 4.08. The number of nitrogens with one attached hydrogen (secondary N) is 2. The van der Waals surface area contributed by atoms with Gasteiger partial charge in [0.15, 0.2) is 0 Å². The van der Waals surface area contributed by atoms with Gasteiger partial charge in [-0.05, 0) is 47.9 Å². The fourth-order valence-electron chi connectivity index (χ4n) is 3.35. The second-order valence-corrected chi connectivity index (χ2v) is 7.61. The maximum Gasteiger partial charge on any atom is 0.289 e. The van der Waals surface area contributed by atoms with E-state index in [9.17, 15) is 18.8 Å². The van der Waals surface area contributed by atoms with Gasteiger partial charge < -0.3 is 10.6 Å². The van der Waals surface area contributed by atoms with Crippen LogP contribution in [-0.4, -0.2) is 34.3 Å². The van der Waals surface area contributed by atoms with Crippen LogP contribution in [0.5, 0.6) is 0 Å². The van der Waals surface area contributed by atoms with Gasteiger partial charge in [-0.2, -0.15) is 0 Å². The lowest BCUT2D eigenvalue weighted by Gasteiger charge is -2.19. The number of halogens is 2. The first-order valence-electron chi connectivity index (χ1n) is 8.91. The number of imide groups is 1. The summed E-state index contributed by atoms with van der Waals surface area (Å²) >= 11 is 0.970. The molecule has 0 aromatic heterocycles. The number of anilines is 1. The number of benzene rings is 2. The standard InChI is InChI=1S/C20H18FN3O3S.ClH/c21-18-15-6-7-22-9-14(15)4-5-16(18)23-19(26)13-3-1-2-12(8-13)10-24-17(25)11-28-20(24)27;/h1-5,8,22H,6-7,9-11H2,(H,23,26);1H. The van der Waals surface area contributed by atoms with Gasteiger partial charge in [-0.1, -0.05) is 30.0 Å². The SMILES string of the molecule is Cl.O=C(Nc1ccc2c(c1F)CCNC2)c1cccc(CN2C(=O)CSC2=O)c1. The van der Waals surface area contributed by atoms with E-state index in [0.29, 0.717) is 36.2 Å². The van der Waals surface area contributed by atoms with Crippen molar-refractivity contribution in [1.29, 1.82) is 0 Å². The number of carbonyl (C=O) groups is 3. The third-order valence-corrected chi connectivity index (χ3v) is 5.68. The molecule has 2 N–H and O–H groups in total. The van der Waals surface area contributed by atoms with Crippen LogP contribution in [0.3, 0.4) is 0 Å². The number of thioether (sulfide) groups is 1. The zero-order chi connectivity index (χ0) is 19.7. The van der Waals surface area contributed by atoms with Gasteiger partial charge in [0.2, 0.25) is 5.91 Å². The minimum atomic E-state index is -0.442. The van der Waals surface area contributed by atoms with Gasteiger partial charge in [-0.25, -0.2) is 4.39 Å². The zero-order valence-electron chi connectivity index (χ0n) is 15.4. The molecule has 3 amide bonds. The van der Waals surface area contributed by atoms with Crippen molar-refractivity contribution in [2.75, 3.05) is 17.6 Å². The third kappa shape index (κ3) is 4.44. The summed E-state index contributed by atoms with van der Waals surface area (Å²) < 4.78 is 14.7. The second-order valence-electron chi connectivity index (χ2n) is 6.68. The first kappa shape index (κ1) is 21.3. The molecular formula is C20H19ClFN3O3S. The third-order valence-electron chi connectivity index (χ3n) is 4.83. The van der Waals surface area contributed by atoms with Crippen LogP contribution >= 0.6 is 24.2 Å². The Balaban J connectivity index is 0.00000240. The number of nitrogens with zero attached hydrogens (tertiary/aromatic N) is 1. The molecule has 0 saturated carbocycles. The summed E-state index contributed by atoms with van der Waals surface area (Å²) in [5.41, 5.74) is 2.68. The molecule has 2 aromatic rings. The van der Waals surface area contributed by atoms with Gasteiger partial charge >= 0.3 is 0 Å². The quantitative estimate of drug-likeness (QED) is 0.770. The molecule has 152 valence electrons. The Morgan fingerprint density at radius 2 is 2.07 bits per heavy atom. The normalized spacial score (nSPS) is 15.7. The van der Waals surface area contributed by atoms with Crippen molar-refractivity contribution >= 4 is 46.9 Å². The first-order valence-corrected chi connectivity index (χ1v) is 9.90. The number of fused-ring (bicyclic) bond motifs is 1. The molecule has 2 aliphatic heterocycles. The van der Waals surface area contributed by atoms with E-state index < -0.39 is 11.7 Å². The summed E-state index contributed by atoms with van der Waals surface area (Å²) in [6, 6.07) is 10.0. The van der Waals surface area contributed by atoms with E-state index in [1.54, 1.807) is 30.3 Å². The molecule has 29 heavy (non-hydrogen) atoms. The summed E-state index contributed by atoms with van der Waals surface area (Å²) in [7, 11) is 0. The van der Waals surface area contributed by atoms with E-state index in [1.807, 2.05) is 6.07 Å². The van der Waals surface area contributed by atoms with Crippen LogP contribution in [0.2, 0.25) is 0 Å². The van der Waals surface area contributed by atoms with Gasteiger partial charge in [-0.15, -0.1) is 12.4 Å². The lowest BCUT2D eigenvalue weighted by Crippen LogP contribution is -2.28. The Morgan fingerprint density at radius 3 is 2.83 bits per heavy atom. The zero-order valence-corrected chi connectivity index (χ0v) is 17.0. The van der Waals surface area contributed by atoms with Crippen LogP contribution in [-0.2, 0) is 24.3 Å². The van der Waals surface area contributed by atoms with E-state index >= 15 is 0 Å². The Hall–Kier alpha value is -2.42. The number of hydrogen-bond donors (Lipinski definition) is 2. The minimum Gasteiger partial charge on any atom is -0.319 e. The highest BCUT2D eigenvalue weighted by Crippen LogP contribution is 2.25. The Kier molecular flexibility index (Phi) is 6.56. The molecule has 4 rings (SSSR count). The average Bonchev–Trinajstić information content (AvgIpc) is 3.02. The van der Waals surface area contributed by atoms with E-state index in [-0.39, 0.29) is 41.5 Å². The lowest BCUT2D eigenvalue weighted by atomic mass is 9.99. The average molecular weight is 436 g/mol. The van der Waals surface area contributed by atoms with Crippen LogP contribution in [0.15, 0.2) is 36.4 Å². The number of rotatable bonds is 4. The number of carbonyl (C=O) groups excluding carboxylic acids is 3. The highest BCUT2D eigenvalue weighted by Gasteiger charge is 2.29. The van der Waals surface area contributed by atoms with Gasteiger partial charge in [-0.3, -0.25) is 19.3 Å². The predicted octanol–water partition coefficient (Wildman–Crippen LogP) is 3.34. The molecule has 9 heteroatoms. The maximum atomic E-state index is 14.7. The number of amides is 3. The fraction of sp³-hybridized carbons (Fsp3) is 0.250. The topological polar surface area (TPSA) is 78.5 Å². The molecular weight excluding hydrogens is 417 g/mol. The van der Waals surface area contributed by atoms with E-state index in [4.69, 9.17) is 0 Å². The Bertz CT molecular complexity index is 969. The minimum absolute atomic E-state index is 0. The summed E-state index contributed by atoms with van der Waals surface area (Å²) in [5, 5.41) is 5.53. The summed E-state index contributed by atoms with van der Waals surface area (Å²) in [6.07, 6.45) is 0.580. The maximum absolute atomic E-state index is 14.7. The molecule has 0 unspecified atom stereocenters. The highest BCUT2D eigenvalue weighted by atomic mass is 35.5. The molecule has 2 aliphatic rings. The van der Waals surface area contributed by atoms with Crippen molar-refractivity contribution in [2.24, 2.45) is 0 Å². The molecule has 2 heterocycles. The first-order chi connectivity index (χ1) is 13.5. The van der Waals surface area contributed by atoms with Gasteiger partial charge in [0.1, 0.15) is 5.82 Å². The van der Waals surface area contributed by atoms with Crippen molar-refractivity contribution in [2.45, 2.75) is 19.5 Å². The Labute approximate surface area is 177 Å². The van der Waals surface area contributed by atoms with E-state index in [1.165, 1.54) is 4.90 Å². The van der Waals surface area contributed by atoms with Crippen LogP contribution in [0, 0.1) is 5.82 Å². The highest BCUT2D eigenvalue weighted by molar-refractivity contribution is 8.14. The largest absolute Gasteiger partial charge is 0.319 e. The lowest BCUT2D eigenvalue weighted by molar-refractivity contribution is -0.125. The van der Waals surface area contributed by atoms with Crippen LogP contribution in [0.4, 0.5) is 14.9 Å². The van der Waals surface area contributed by atoms with Crippen molar-refractivity contribution in [3.63, 3.8) is 0 Å².